The van der Waals surface area contributed by atoms with Crippen molar-refractivity contribution in [3.8, 4) is 0 Å². The largest absolute Gasteiger partial charge is 0.313 e. The average Bonchev–Trinajstić information content (AvgIpc) is 2.81. The van der Waals surface area contributed by atoms with Crippen LogP contribution in [0.5, 0.6) is 0 Å². The molecule has 92 valence electrons. The standard InChI is InChI=1S/C14H20N2S/c1-2-3-4-5-8-15-10-12-6-7-13-14(9-12)17-11-16-13/h6-7,9,11,15H,2-5,8,10H2,1H3. The summed E-state index contributed by atoms with van der Waals surface area (Å²) in [6.07, 6.45) is 5.30. The number of thiazole rings is 1. The maximum absolute atomic E-state index is 4.29. The zero-order valence-corrected chi connectivity index (χ0v) is 11.2. The number of unbranched alkanes of at least 4 members (excludes halogenated alkanes) is 3. The van der Waals surface area contributed by atoms with Gasteiger partial charge in [0.15, 0.2) is 0 Å². The van der Waals surface area contributed by atoms with Crippen LogP contribution in [0.25, 0.3) is 10.2 Å². The minimum atomic E-state index is 0.972. The van der Waals surface area contributed by atoms with Crippen LogP contribution in [0, 0.1) is 0 Å². The second-order valence-corrected chi connectivity index (χ2v) is 5.28. The van der Waals surface area contributed by atoms with Crippen molar-refractivity contribution < 1.29 is 0 Å². The molecule has 1 aromatic heterocycles. The van der Waals surface area contributed by atoms with E-state index in [2.05, 4.69) is 35.4 Å². The molecule has 17 heavy (non-hydrogen) atoms. The molecule has 2 nitrogen and oxygen atoms in total. The maximum Gasteiger partial charge on any atom is 0.0812 e. The molecule has 1 aromatic carbocycles. The van der Waals surface area contributed by atoms with E-state index in [4.69, 9.17) is 0 Å². The van der Waals surface area contributed by atoms with Gasteiger partial charge < -0.3 is 5.32 Å². The monoisotopic (exact) mass is 248 g/mol. The molecule has 1 N–H and O–H groups in total. The van der Waals surface area contributed by atoms with Crippen molar-refractivity contribution in [3.05, 3.63) is 29.3 Å². The van der Waals surface area contributed by atoms with Crippen molar-refractivity contribution in [3.63, 3.8) is 0 Å². The summed E-state index contributed by atoms with van der Waals surface area (Å²) in [7, 11) is 0. The number of aromatic nitrogens is 1. The molecule has 0 bridgehead atoms. The fraction of sp³-hybridized carbons (Fsp3) is 0.500. The maximum atomic E-state index is 4.29. The van der Waals surface area contributed by atoms with Crippen LogP contribution in [0.3, 0.4) is 0 Å². The quantitative estimate of drug-likeness (QED) is 0.750. The number of nitrogens with one attached hydrogen (secondary N) is 1. The van der Waals surface area contributed by atoms with Gasteiger partial charge in [0.1, 0.15) is 0 Å². The number of benzene rings is 1. The summed E-state index contributed by atoms with van der Waals surface area (Å²) in [5, 5.41) is 3.50. The first-order valence-corrected chi connectivity index (χ1v) is 7.31. The number of nitrogens with zero attached hydrogens (tertiary/aromatic N) is 1. The summed E-state index contributed by atoms with van der Waals surface area (Å²) >= 11 is 1.71. The summed E-state index contributed by atoms with van der Waals surface area (Å²) in [6.45, 7) is 4.35. The predicted molar refractivity (Wildman–Crippen MR) is 75.5 cm³/mol. The minimum Gasteiger partial charge on any atom is -0.313 e. The Kier molecular flexibility index (Phi) is 4.95. The van der Waals surface area contributed by atoms with Gasteiger partial charge in [-0.3, -0.25) is 0 Å². The highest BCUT2D eigenvalue weighted by molar-refractivity contribution is 7.16. The lowest BCUT2D eigenvalue weighted by atomic mass is 10.2. The molecule has 1 heterocycles. The molecule has 2 aromatic rings. The SMILES string of the molecule is CCCCCCNCc1ccc2ncsc2c1. The molecule has 0 aliphatic rings. The summed E-state index contributed by atoms with van der Waals surface area (Å²) in [5.74, 6) is 0. The van der Waals surface area contributed by atoms with E-state index in [1.807, 2.05) is 5.51 Å². The molecule has 0 amide bonds. The van der Waals surface area contributed by atoms with Crippen LogP contribution in [0.1, 0.15) is 38.2 Å². The van der Waals surface area contributed by atoms with Crippen LogP contribution < -0.4 is 5.32 Å². The molecule has 3 heteroatoms. The van der Waals surface area contributed by atoms with Crippen LogP contribution in [0.4, 0.5) is 0 Å². The van der Waals surface area contributed by atoms with Crippen LogP contribution in [0.15, 0.2) is 23.7 Å². The van der Waals surface area contributed by atoms with E-state index < -0.39 is 0 Å². The van der Waals surface area contributed by atoms with E-state index in [-0.39, 0.29) is 0 Å². The predicted octanol–water partition coefficient (Wildman–Crippen LogP) is 3.97. The first-order valence-electron chi connectivity index (χ1n) is 6.43. The molecule has 0 aliphatic carbocycles. The summed E-state index contributed by atoms with van der Waals surface area (Å²) in [4.78, 5) is 4.29. The topological polar surface area (TPSA) is 24.9 Å². The molecule has 0 spiro atoms. The molecule has 2 rings (SSSR count). The van der Waals surface area contributed by atoms with E-state index in [0.717, 1.165) is 18.6 Å². The highest BCUT2D eigenvalue weighted by atomic mass is 32.1. The van der Waals surface area contributed by atoms with Crippen molar-refractivity contribution in [2.45, 2.75) is 39.2 Å². The molecule has 0 saturated carbocycles. The van der Waals surface area contributed by atoms with E-state index >= 15 is 0 Å². The van der Waals surface area contributed by atoms with Gasteiger partial charge in [0, 0.05) is 6.54 Å². The molecule has 0 radical (unpaired) electrons. The van der Waals surface area contributed by atoms with Crippen molar-refractivity contribution in [2.24, 2.45) is 0 Å². The Hall–Kier alpha value is -0.930. The smallest absolute Gasteiger partial charge is 0.0812 e. The zero-order chi connectivity index (χ0) is 11.9. The summed E-state index contributed by atoms with van der Waals surface area (Å²) < 4.78 is 1.29. The Balaban J connectivity index is 1.75. The van der Waals surface area contributed by atoms with Crippen molar-refractivity contribution >= 4 is 21.6 Å². The highest BCUT2D eigenvalue weighted by Gasteiger charge is 1.98. The van der Waals surface area contributed by atoms with E-state index in [1.54, 1.807) is 11.3 Å². The van der Waals surface area contributed by atoms with Crippen molar-refractivity contribution in [1.82, 2.24) is 10.3 Å². The van der Waals surface area contributed by atoms with E-state index in [1.165, 1.54) is 35.9 Å². The lowest BCUT2D eigenvalue weighted by Crippen LogP contribution is -2.14. The summed E-state index contributed by atoms with van der Waals surface area (Å²) in [5.41, 5.74) is 4.38. The molecule has 0 aliphatic heterocycles. The molecule has 0 saturated heterocycles. The second-order valence-electron chi connectivity index (χ2n) is 4.39. The molecule has 0 atom stereocenters. The number of rotatable bonds is 7. The molecular weight excluding hydrogens is 228 g/mol. The third-order valence-electron chi connectivity index (χ3n) is 2.93. The second kappa shape index (κ2) is 6.72. The van der Waals surface area contributed by atoms with Crippen LogP contribution in [-0.4, -0.2) is 11.5 Å². The molecule has 0 unspecified atom stereocenters. The third-order valence-corrected chi connectivity index (χ3v) is 3.72. The first-order chi connectivity index (χ1) is 8.40. The van der Waals surface area contributed by atoms with Gasteiger partial charge in [0.25, 0.3) is 0 Å². The van der Waals surface area contributed by atoms with Gasteiger partial charge >= 0.3 is 0 Å². The first kappa shape index (κ1) is 12.5. The van der Waals surface area contributed by atoms with E-state index in [0.29, 0.717) is 0 Å². The van der Waals surface area contributed by atoms with Gasteiger partial charge in [-0.1, -0.05) is 32.3 Å². The Morgan fingerprint density at radius 3 is 3.06 bits per heavy atom. The third kappa shape index (κ3) is 3.79. The minimum absolute atomic E-state index is 0.972. The summed E-state index contributed by atoms with van der Waals surface area (Å²) in [6, 6.07) is 6.52. The fourth-order valence-corrected chi connectivity index (χ4v) is 2.66. The zero-order valence-electron chi connectivity index (χ0n) is 10.4. The van der Waals surface area contributed by atoms with Crippen molar-refractivity contribution in [2.75, 3.05) is 6.54 Å². The van der Waals surface area contributed by atoms with Gasteiger partial charge in [-0.25, -0.2) is 4.98 Å². The Morgan fingerprint density at radius 2 is 2.18 bits per heavy atom. The normalized spacial score (nSPS) is 11.1. The molecule has 0 fully saturated rings. The number of hydrogen-bond donors (Lipinski definition) is 1. The van der Waals surface area contributed by atoms with E-state index in [9.17, 15) is 0 Å². The number of fused-ring (bicyclic) bond motifs is 1. The lowest BCUT2D eigenvalue weighted by Gasteiger charge is -2.04. The Labute approximate surface area is 107 Å². The van der Waals surface area contributed by atoms with Crippen LogP contribution >= 0.6 is 11.3 Å². The lowest BCUT2D eigenvalue weighted by molar-refractivity contribution is 0.598. The van der Waals surface area contributed by atoms with Gasteiger partial charge in [-0.2, -0.15) is 0 Å². The van der Waals surface area contributed by atoms with Crippen molar-refractivity contribution in [1.29, 1.82) is 0 Å². The van der Waals surface area contributed by atoms with Gasteiger partial charge in [0.2, 0.25) is 0 Å². The van der Waals surface area contributed by atoms with Crippen LogP contribution in [0.2, 0.25) is 0 Å². The highest BCUT2D eigenvalue weighted by Crippen LogP contribution is 2.18. The number of hydrogen-bond acceptors (Lipinski definition) is 3. The Bertz CT molecular complexity index is 450. The fourth-order valence-electron chi connectivity index (χ4n) is 1.92. The van der Waals surface area contributed by atoms with Crippen LogP contribution in [-0.2, 0) is 6.54 Å². The Morgan fingerprint density at radius 1 is 1.24 bits per heavy atom. The van der Waals surface area contributed by atoms with Gasteiger partial charge in [-0.05, 0) is 30.7 Å². The van der Waals surface area contributed by atoms with Gasteiger partial charge in [0.05, 0.1) is 15.7 Å². The molecular formula is C14H20N2S. The van der Waals surface area contributed by atoms with Gasteiger partial charge in [-0.15, -0.1) is 11.3 Å². The average molecular weight is 248 g/mol.